The van der Waals surface area contributed by atoms with Crippen LogP contribution in [0.15, 0.2) is 18.2 Å². The third-order valence-corrected chi connectivity index (χ3v) is 2.94. The Kier molecular flexibility index (Phi) is 3.17. The number of anilines is 2. The van der Waals surface area contributed by atoms with Gasteiger partial charge in [0.15, 0.2) is 0 Å². The Morgan fingerprint density at radius 1 is 1.29 bits per heavy atom. The molecule has 0 unspecified atom stereocenters. The van der Waals surface area contributed by atoms with Gasteiger partial charge in [-0.15, -0.1) is 0 Å². The summed E-state index contributed by atoms with van der Waals surface area (Å²) in [7, 11) is 0. The van der Waals surface area contributed by atoms with Crippen molar-refractivity contribution in [3.63, 3.8) is 0 Å². The number of nitrogen functional groups attached to an aromatic ring is 1. The summed E-state index contributed by atoms with van der Waals surface area (Å²) in [6.07, 6.45) is -0.741. The Morgan fingerprint density at radius 3 is 2.53 bits per heavy atom. The van der Waals surface area contributed by atoms with Crippen LogP contribution in [0, 0.1) is 5.92 Å². The minimum atomic E-state index is -4.33. The standard InChI is InChI=1S/C12H15F3N2/c13-12(14,15)9-3-4-11(10(16)7-9)17-6-5-8-1-2-8/h3-4,7-8,17H,1-2,5-6,16H2. The molecule has 1 aliphatic carbocycles. The maximum absolute atomic E-state index is 12.4. The molecule has 0 bridgehead atoms. The Bertz CT molecular complexity index is 397. The molecule has 0 spiro atoms. The molecule has 5 heteroatoms. The van der Waals surface area contributed by atoms with Crippen molar-refractivity contribution < 1.29 is 13.2 Å². The normalized spacial score (nSPS) is 15.9. The van der Waals surface area contributed by atoms with Crippen LogP contribution in [0.3, 0.4) is 0 Å². The van der Waals surface area contributed by atoms with Crippen molar-refractivity contribution in [2.24, 2.45) is 5.92 Å². The van der Waals surface area contributed by atoms with Crippen molar-refractivity contribution >= 4 is 11.4 Å². The van der Waals surface area contributed by atoms with Crippen LogP contribution in [-0.2, 0) is 6.18 Å². The monoisotopic (exact) mass is 244 g/mol. The molecule has 0 radical (unpaired) electrons. The second-order valence-corrected chi connectivity index (χ2v) is 4.46. The van der Waals surface area contributed by atoms with Gasteiger partial charge in [-0.1, -0.05) is 12.8 Å². The molecule has 1 aliphatic rings. The zero-order valence-corrected chi connectivity index (χ0v) is 9.35. The van der Waals surface area contributed by atoms with Crippen LogP contribution < -0.4 is 11.1 Å². The maximum atomic E-state index is 12.4. The van der Waals surface area contributed by atoms with Crippen LogP contribution >= 0.6 is 0 Å². The molecule has 2 nitrogen and oxygen atoms in total. The van der Waals surface area contributed by atoms with Gasteiger partial charge in [0.1, 0.15) is 0 Å². The van der Waals surface area contributed by atoms with Crippen LogP contribution in [0.2, 0.25) is 0 Å². The van der Waals surface area contributed by atoms with Crippen molar-refractivity contribution in [1.82, 2.24) is 0 Å². The number of nitrogens with two attached hydrogens (primary N) is 1. The predicted molar refractivity (Wildman–Crippen MR) is 61.7 cm³/mol. The number of alkyl halides is 3. The van der Waals surface area contributed by atoms with Crippen LogP contribution in [0.25, 0.3) is 0 Å². The molecule has 0 atom stereocenters. The fourth-order valence-electron chi connectivity index (χ4n) is 1.72. The smallest absolute Gasteiger partial charge is 0.397 e. The molecule has 2 rings (SSSR count). The zero-order valence-electron chi connectivity index (χ0n) is 9.35. The number of benzene rings is 1. The van der Waals surface area contributed by atoms with Gasteiger partial charge in [-0.2, -0.15) is 13.2 Å². The molecule has 0 amide bonds. The molecule has 0 aromatic heterocycles. The van der Waals surface area contributed by atoms with Gasteiger partial charge in [0.25, 0.3) is 0 Å². The van der Waals surface area contributed by atoms with E-state index < -0.39 is 11.7 Å². The topological polar surface area (TPSA) is 38.0 Å². The molecule has 3 N–H and O–H groups in total. The summed E-state index contributed by atoms with van der Waals surface area (Å²) >= 11 is 0. The van der Waals surface area contributed by atoms with Crippen molar-refractivity contribution in [3.8, 4) is 0 Å². The van der Waals surface area contributed by atoms with E-state index >= 15 is 0 Å². The third-order valence-electron chi connectivity index (χ3n) is 2.94. The van der Waals surface area contributed by atoms with Gasteiger partial charge in [-0.05, 0) is 30.5 Å². The highest BCUT2D eigenvalue weighted by Gasteiger charge is 2.30. The lowest BCUT2D eigenvalue weighted by Gasteiger charge is -2.12. The second-order valence-electron chi connectivity index (χ2n) is 4.46. The van der Waals surface area contributed by atoms with Crippen LogP contribution in [-0.4, -0.2) is 6.54 Å². The Labute approximate surface area is 98.0 Å². The first-order chi connectivity index (χ1) is 7.97. The summed E-state index contributed by atoms with van der Waals surface area (Å²) in [5, 5.41) is 3.07. The number of rotatable bonds is 4. The first kappa shape index (κ1) is 12.1. The summed E-state index contributed by atoms with van der Waals surface area (Å²) < 4.78 is 37.2. The molecule has 94 valence electrons. The van der Waals surface area contributed by atoms with Gasteiger partial charge in [-0.25, -0.2) is 0 Å². The van der Waals surface area contributed by atoms with Crippen molar-refractivity contribution in [2.75, 3.05) is 17.6 Å². The summed E-state index contributed by atoms with van der Waals surface area (Å²) in [6.45, 7) is 0.764. The van der Waals surface area contributed by atoms with E-state index in [1.165, 1.54) is 18.9 Å². The number of hydrogen-bond acceptors (Lipinski definition) is 2. The Balaban J connectivity index is 1.97. The Morgan fingerprint density at radius 2 is 2.00 bits per heavy atom. The summed E-state index contributed by atoms with van der Waals surface area (Å²) in [5.74, 6) is 0.790. The van der Waals surface area contributed by atoms with E-state index in [2.05, 4.69) is 5.32 Å². The molecule has 0 aliphatic heterocycles. The molecule has 1 fully saturated rings. The number of nitrogens with one attached hydrogen (secondary N) is 1. The zero-order chi connectivity index (χ0) is 12.5. The van der Waals surface area contributed by atoms with Crippen LogP contribution in [0.1, 0.15) is 24.8 Å². The van der Waals surface area contributed by atoms with Crippen molar-refractivity contribution in [1.29, 1.82) is 0 Å². The fourth-order valence-corrected chi connectivity index (χ4v) is 1.72. The van der Waals surface area contributed by atoms with Gasteiger partial charge in [0.05, 0.1) is 16.9 Å². The highest BCUT2D eigenvalue weighted by atomic mass is 19.4. The fraction of sp³-hybridized carbons (Fsp3) is 0.500. The molecular formula is C12H15F3N2. The first-order valence-corrected chi connectivity index (χ1v) is 5.67. The highest BCUT2D eigenvalue weighted by molar-refractivity contribution is 5.67. The molecule has 1 saturated carbocycles. The predicted octanol–water partition coefficient (Wildman–Crippen LogP) is 3.50. The number of hydrogen-bond donors (Lipinski definition) is 2. The SMILES string of the molecule is Nc1cc(C(F)(F)F)ccc1NCCC1CC1. The molecule has 1 aromatic carbocycles. The lowest BCUT2D eigenvalue weighted by molar-refractivity contribution is -0.137. The molecular weight excluding hydrogens is 229 g/mol. The maximum Gasteiger partial charge on any atom is 0.416 e. The molecule has 17 heavy (non-hydrogen) atoms. The third kappa shape index (κ3) is 3.28. The van der Waals surface area contributed by atoms with Crippen LogP contribution in [0.5, 0.6) is 0 Å². The second kappa shape index (κ2) is 4.47. The summed E-state index contributed by atoms with van der Waals surface area (Å²) in [6, 6.07) is 3.42. The van der Waals surface area contributed by atoms with Crippen molar-refractivity contribution in [2.45, 2.75) is 25.4 Å². The summed E-state index contributed by atoms with van der Waals surface area (Å²) in [4.78, 5) is 0. The average Bonchev–Trinajstić information content (AvgIpc) is 3.02. The van der Waals surface area contributed by atoms with Gasteiger partial charge in [0, 0.05) is 6.54 Å². The van der Waals surface area contributed by atoms with Gasteiger partial charge >= 0.3 is 6.18 Å². The van der Waals surface area contributed by atoms with Gasteiger partial charge in [-0.3, -0.25) is 0 Å². The molecule has 0 saturated heterocycles. The average molecular weight is 244 g/mol. The first-order valence-electron chi connectivity index (χ1n) is 5.67. The van der Waals surface area contributed by atoms with Gasteiger partial charge < -0.3 is 11.1 Å². The van der Waals surface area contributed by atoms with E-state index in [4.69, 9.17) is 5.73 Å². The molecule has 0 heterocycles. The minimum absolute atomic E-state index is 0.149. The lowest BCUT2D eigenvalue weighted by Crippen LogP contribution is -2.09. The van der Waals surface area contributed by atoms with E-state index in [0.717, 1.165) is 31.0 Å². The quantitative estimate of drug-likeness (QED) is 0.795. The molecule has 1 aromatic rings. The van der Waals surface area contributed by atoms with E-state index in [9.17, 15) is 13.2 Å². The lowest BCUT2D eigenvalue weighted by atomic mass is 10.1. The Hall–Kier alpha value is -1.39. The summed E-state index contributed by atoms with van der Waals surface area (Å²) in [5.41, 5.74) is 5.61. The van der Waals surface area contributed by atoms with E-state index in [0.29, 0.717) is 5.69 Å². The number of halogens is 3. The van der Waals surface area contributed by atoms with Crippen LogP contribution in [0.4, 0.5) is 24.5 Å². The van der Waals surface area contributed by atoms with E-state index in [-0.39, 0.29) is 5.69 Å². The van der Waals surface area contributed by atoms with Crippen molar-refractivity contribution in [3.05, 3.63) is 23.8 Å². The van der Waals surface area contributed by atoms with Gasteiger partial charge in [0.2, 0.25) is 0 Å². The largest absolute Gasteiger partial charge is 0.416 e. The van der Waals surface area contributed by atoms with E-state index in [1.807, 2.05) is 0 Å². The van der Waals surface area contributed by atoms with E-state index in [1.54, 1.807) is 0 Å². The minimum Gasteiger partial charge on any atom is -0.397 e. The highest BCUT2D eigenvalue weighted by Crippen LogP contribution is 2.34.